The zero-order chi connectivity index (χ0) is 21.8. The van der Waals surface area contributed by atoms with Crippen molar-refractivity contribution < 1.29 is 18.7 Å². The summed E-state index contributed by atoms with van der Waals surface area (Å²) in [7, 11) is 4.77. The van der Waals surface area contributed by atoms with E-state index >= 15 is 0 Å². The van der Waals surface area contributed by atoms with Crippen molar-refractivity contribution in [1.29, 1.82) is 0 Å². The third-order valence-electron chi connectivity index (χ3n) is 4.45. The molecule has 0 bridgehead atoms. The van der Waals surface area contributed by atoms with Crippen LogP contribution in [0.2, 0.25) is 0 Å². The van der Waals surface area contributed by atoms with E-state index in [4.69, 9.17) is 24.6 Å². The van der Waals surface area contributed by atoms with E-state index in [9.17, 15) is 0 Å². The van der Waals surface area contributed by atoms with Gasteiger partial charge in [-0.1, -0.05) is 16.9 Å². The molecule has 2 aromatic heterocycles. The third kappa shape index (κ3) is 4.26. The van der Waals surface area contributed by atoms with Crippen molar-refractivity contribution in [1.82, 2.24) is 25.0 Å². The summed E-state index contributed by atoms with van der Waals surface area (Å²) in [5.41, 5.74) is 1.58. The molecule has 11 heteroatoms. The van der Waals surface area contributed by atoms with Gasteiger partial charge in [0.05, 0.1) is 27.1 Å². The molecule has 0 radical (unpaired) electrons. The zero-order valence-corrected chi connectivity index (χ0v) is 17.9. The maximum Gasteiger partial charge on any atom is 0.237 e. The van der Waals surface area contributed by atoms with E-state index in [-0.39, 0.29) is 0 Å². The largest absolute Gasteiger partial charge is 0.497 e. The number of benzene rings is 2. The molecule has 0 atom stereocenters. The van der Waals surface area contributed by atoms with Gasteiger partial charge in [-0.3, -0.25) is 0 Å². The summed E-state index contributed by atoms with van der Waals surface area (Å²) in [5.74, 6) is 9.95. The molecule has 31 heavy (non-hydrogen) atoms. The van der Waals surface area contributed by atoms with E-state index in [2.05, 4.69) is 20.3 Å². The lowest BCUT2D eigenvalue weighted by Gasteiger charge is -2.07. The van der Waals surface area contributed by atoms with Gasteiger partial charge in [-0.25, -0.2) is 4.68 Å². The predicted molar refractivity (Wildman–Crippen MR) is 115 cm³/mol. The quantitative estimate of drug-likeness (QED) is 0.323. The van der Waals surface area contributed by atoms with Gasteiger partial charge in [-0.2, -0.15) is 4.98 Å². The summed E-state index contributed by atoms with van der Waals surface area (Å²) >= 11 is 1.34. The van der Waals surface area contributed by atoms with Crippen LogP contribution in [-0.4, -0.2) is 46.3 Å². The fourth-order valence-electron chi connectivity index (χ4n) is 2.84. The Balaban J connectivity index is 1.46. The number of thioether (sulfide) groups is 1. The molecule has 0 aliphatic carbocycles. The third-order valence-corrected chi connectivity index (χ3v) is 5.38. The molecule has 10 nitrogen and oxygen atoms in total. The second-order valence-electron chi connectivity index (χ2n) is 6.27. The molecular formula is C20H20N6O4S. The van der Waals surface area contributed by atoms with Crippen LogP contribution in [0.4, 0.5) is 0 Å². The normalized spacial score (nSPS) is 10.8. The molecule has 0 amide bonds. The van der Waals surface area contributed by atoms with Gasteiger partial charge < -0.3 is 24.6 Å². The lowest BCUT2D eigenvalue weighted by atomic mass is 10.2. The molecule has 0 aliphatic rings. The minimum Gasteiger partial charge on any atom is -0.497 e. The molecule has 0 saturated heterocycles. The van der Waals surface area contributed by atoms with E-state index < -0.39 is 0 Å². The molecule has 4 aromatic rings. The van der Waals surface area contributed by atoms with Crippen molar-refractivity contribution in [2.24, 2.45) is 0 Å². The van der Waals surface area contributed by atoms with Gasteiger partial charge in [0.2, 0.25) is 16.9 Å². The summed E-state index contributed by atoms with van der Waals surface area (Å²) < 4.78 is 22.5. The van der Waals surface area contributed by atoms with E-state index in [1.807, 2.05) is 30.3 Å². The number of rotatable bonds is 8. The van der Waals surface area contributed by atoms with Crippen LogP contribution < -0.4 is 20.1 Å². The number of aromatic nitrogens is 5. The molecule has 4 rings (SSSR count). The van der Waals surface area contributed by atoms with Gasteiger partial charge in [0, 0.05) is 11.1 Å². The monoisotopic (exact) mass is 440 g/mol. The van der Waals surface area contributed by atoms with E-state index in [1.54, 1.807) is 33.5 Å². The maximum absolute atomic E-state index is 6.17. The number of nitrogens with two attached hydrogens (primary N) is 1. The second-order valence-corrected chi connectivity index (χ2v) is 7.22. The zero-order valence-electron chi connectivity index (χ0n) is 17.1. The van der Waals surface area contributed by atoms with Crippen LogP contribution in [0.15, 0.2) is 52.1 Å². The Morgan fingerprint density at radius 1 is 0.935 bits per heavy atom. The minimum absolute atomic E-state index is 0.387. The van der Waals surface area contributed by atoms with Gasteiger partial charge in [0.15, 0.2) is 17.3 Å². The molecule has 2 N–H and O–H groups in total. The molecule has 0 spiro atoms. The van der Waals surface area contributed by atoms with Crippen LogP contribution in [0.1, 0.15) is 5.89 Å². The fourth-order valence-corrected chi connectivity index (χ4v) is 3.54. The number of nitrogen functional groups attached to an aromatic ring is 1. The number of methoxy groups -OCH3 is 3. The summed E-state index contributed by atoms with van der Waals surface area (Å²) in [6.45, 7) is 0. The first kappa shape index (κ1) is 20.5. The Morgan fingerprint density at radius 2 is 1.68 bits per heavy atom. The molecule has 0 saturated carbocycles. The lowest BCUT2D eigenvalue weighted by Crippen LogP contribution is -2.11. The minimum atomic E-state index is 0.387. The standard InChI is InChI=1S/C20H20N6O4S/c1-27-14-7-4-12(5-8-14)19-23-24-20(26(19)21)31-11-17-22-18(25-30-17)13-6-9-15(28-2)16(10-13)29-3/h4-10H,11,21H2,1-3H3. The van der Waals surface area contributed by atoms with E-state index in [0.29, 0.717) is 39.9 Å². The number of nitrogens with zero attached hydrogens (tertiary/aromatic N) is 5. The first-order valence-corrected chi connectivity index (χ1v) is 10.1. The predicted octanol–water partition coefficient (Wildman–Crippen LogP) is 3.03. The van der Waals surface area contributed by atoms with Crippen molar-refractivity contribution in [3.8, 4) is 40.0 Å². The van der Waals surface area contributed by atoms with Gasteiger partial charge in [0.1, 0.15) is 5.75 Å². The van der Waals surface area contributed by atoms with Gasteiger partial charge in [0.25, 0.3) is 0 Å². The Hall–Kier alpha value is -3.73. The molecule has 2 aromatic carbocycles. The SMILES string of the molecule is COc1ccc(-c2nnc(SCc3nc(-c4ccc(OC)c(OC)c4)no3)n2N)cc1. The van der Waals surface area contributed by atoms with E-state index in [0.717, 1.165) is 16.9 Å². The average Bonchev–Trinajstić information content (AvgIpc) is 3.44. The van der Waals surface area contributed by atoms with Crippen LogP contribution in [0.3, 0.4) is 0 Å². The summed E-state index contributed by atoms with van der Waals surface area (Å²) in [6, 6.07) is 12.8. The summed E-state index contributed by atoms with van der Waals surface area (Å²) in [4.78, 5) is 4.43. The highest BCUT2D eigenvalue weighted by Crippen LogP contribution is 2.32. The van der Waals surface area contributed by atoms with Crippen LogP contribution in [0.5, 0.6) is 17.2 Å². The topological polar surface area (TPSA) is 123 Å². The second kappa shape index (κ2) is 8.96. The summed E-state index contributed by atoms with van der Waals surface area (Å²) in [5, 5.41) is 12.9. The molecular weight excluding hydrogens is 420 g/mol. The van der Waals surface area contributed by atoms with Crippen LogP contribution >= 0.6 is 11.8 Å². The maximum atomic E-state index is 6.17. The highest BCUT2D eigenvalue weighted by molar-refractivity contribution is 7.98. The number of ether oxygens (including phenoxy) is 3. The van der Waals surface area contributed by atoms with Gasteiger partial charge >= 0.3 is 0 Å². The van der Waals surface area contributed by atoms with Gasteiger partial charge in [-0.15, -0.1) is 10.2 Å². The molecule has 2 heterocycles. The smallest absolute Gasteiger partial charge is 0.237 e. The van der Waals surface area contributed by atoms with Crippen molar-refractivity contribution in [3.05, 3.63) is 48.4 Å². The fraction of sp³-hybridized carbons (Fsp3) is 0.200. The van der Waals surface area contributed by atoms with Crippen molar-refractivity contribution in [2.75, 3.05) is 27.2 Å². The molecule has 160 valence electrons. The lowest BCUT2D eigenvalue weighted by molar-refractivity contribution is 0.355. The van der Waals surface area contributed by atoms with Gasteiger partial charge in [-0.05, 0) is 42.5 Å². The Bertz CT molecular complexity index is 1170. The first-order chi connectivity index (χ1) is 15.1. The van der Waals surface area contributed by atoms with Crippen molar-refractivity contribution >= 4 is 11.8 Å². The van der Waals surface area contributed by atoms with Crippen LogP contribution in [-0.2, 0) is 5.75 Å². The molecule has 0 aliphatic heterocycles. The van der Waals surface area contributed by atoms with E-state index in [1.165, 1.54) is 16.4 Å². The Kier molecular flexibility index (Phi) is 5.94. The number of hydrogen-bond donors (Lipinski definition) is 1. The highest BCUT2D eigenvalue weighted by atomic mass is 32.2. The average molecular weight is 440 g/mol. The number of hydrogen-bond acceptors (Lipinski definition) is 10. The first-order valence-electron chi connectivity index (χ1n) is 9.15. The molecule has 0 unspecified atom stereocenters. The highest BCUT2D eigenvalue weighted by Gasteiger charge is 2.16. The van der Waals surface area contributed by atoms with Crippen LogP contribution in [0, 0.1) is 0 Å². The molecule has 0 fully saturated rings. The Labute approximate surface area is 182 Å². The van der Waals surface area contributed by atoms with Crippen molar-refractivity contribution in [3.63, 3.8) is 0 Å². The summed E-state index contributed by atoms with van der Waals surface area (Å²) in [6.07, 6.45) is 0. The van der Waals surface area contributed by atoms with Crippen molar-refractivity contribution in [2.45, 2.75) is 10.9 Å². The van der Waals surface area contributed by atoms with Crippen LogP contribution in [0.25, 0.3) is 22.8 Å². The Morgan fingerprint density at radius 3 is 2.39 bits per heavy atom.